The molecule has 0 aromatic heterocycles. The average molecular weight is 281 g/mol. The Morgan fingerprint density at radius 3 is 2.63 bits per heavy atom. The molecule has 0 aliphatic heterocycles. The number of hydrogen-bond donors (Lipinski definition) is 2. The van der Waals surface area contributed by atoms with Crippen molar-refractivity contribution in [2.24, 2.45) is 0 Å². The van der Waals surface area contributed by atoms with Crippen LogP contribution in [0, 0.1) is 0 Å². The Hall–Kier alpha value is -1.20. The summed E-state index contributed by atoms with van der Waals surface area (Å²) in [5, 5.41) is 2.66. The second-order valence-corrected chi connectivity index (χ2v) is 5.35. The third kappa shape index (κ3) is 4.76. The summed E-state index contributed by atoms with van der Waals surface area (Å²) in [7, 11) is 1.64. The van der Waals surface area contributed by atoms with Gasteiger partial charge in [-0.25, -0.2) is 0 Å². The number of carbonyl (C=O) groups is 1. The maximum absolute atomic E-state index is 11.8. The number of rotatable bonds is 7. The molecule has 106 valence electrons. The van der Waals surface area contributed by atoms with Gasteiger partial charge in [-0.3, -0.25) is 4.79 Å². The molecule has 1 aromatic carbocycles. The van der Waals surface area contributed by atoms with Crippen molar-refractivity contribution in [2.45, 2.75) is 18.7 Å². The van der Waals surface area contributed by atoms with E-state index in [2.05, 4.69) is 24.1 Å². The molecule has 0 atom stereocenters. The Morgan fingerprint density at radius 1 is 1.37 bits per heavy atom. The number of nitrogen functional groups attached to an aromatic ring is 1. The van der Waals surface area contributed by atoms with Crippen molar-refractivity contribution >= 4 is 23.4 Å². The lowest BCUT2D eigenvalue weighted by Crippen LogP contribution is -2.25. The van der Waals surface area contributed by atoms with E-state index in [0.717, 1.165) is 30.3 Å². The van der Waals surface area contributed by atoms with Crippen LogP contribution in [-0.2, 0) is 0 Å². The summed E-state index contributed by atoms with van der Waals surface area (Å²) in [6.07, 6.45) is 0. The molecule has 3 N–H and O–H groups in total. The summed E-state index contributed by atoms with van der Waals surface area (Å²) in [4.78, 5) is 15.1. The van der Waals surface area contributed by atoms with Crippen molar-refractivity contribution < 1.29 is 4.79 Å². The molecule has 0 unspecified atom stereocenters. The highest BCUT2D eigenvalue weighted by Gasteiger charge is 2.11. The van der Waals surface area contributed by atoms with Gasteiger partial charge in [-0.1, -0.05) is 13.8 Å². The normalized spacial score (nSPS) is 10.7. The van der Waals surface area contributed by atoms with Gasteiger partial charge in [0.15, 0.2) is 0 Å². The molecule has 4 nitrogen and oxygen atoms in total. The van der Waals surface area contributed by atoms with Crippen LogP contribution in [0.4, 0.5) is 5.69 Å². The summed E-state index contributed by atoms with van der Waals surface area (Å²) >= 11 is 1.68. The van der Waals surface area contributed by atoms with E-state index in [1.54, 1.807) is 30.9 Å². The quantitative estimate of drug-likeness (QED) is 0.593. The molecule has 19 heavy (non-hydrogen) atoms. The van der Waals surface area contributed by atoms with E-state index in [-0.39, 0.29) is 5.91 Å². The van der Waals surface area contributed by atoms with Crippen LogP contribution < -0.4 is 11.1 Å². The van der Waals surface area contributed by atoms with Crippen LogP contribution in [0.2, 0.25) is 0 Å². The standard InChI is InChI=1S/C14H23N3OS/c1-4-17(5-2)8-9-19-13-10-11(15)6-7-12(13)14(18)16-3/h6-7,10H,4-5,8-9,15H2,1-3H3,(H,16,18). The summed E-state index contributed by atoms with van der Waals surface area (Å²) in [6.45, 7) is 7.43. The fraction of sp³-hybridized carbons (Fsp3) is 0.500. The molecule has 0 radical (unpaired) electrons. The summed E-state index contributed by atoms with van der Waals surface area (Å²) in [6, 6.07) is 5.42. The lowest BCUT2D eigenvalue weighted by atomic mass is 10.2. The third-order valence-electron chi connectivity index (χ3n) is 3.04. The van der Waals surface area contributed by atoms with Crippen molar-refractivity contribution in [3.63, 3.8) is 0 Å². The lowest BCUT2D eigenvalue weighted by Gasteiger charge is -2.17. The summed E-state index contributed by atoms with van der Waals surface area (Å²) < 4.78 is 0. The molecule has 0 spiro atoms. The highest BCUT2D eigenvalue weighted by Crippen LogP contribution is 2.25. The Morgan fingerprint density at radius 2 is 2.05 bits per heavy atom. The molecule has 0 aliphatic rings. The Bertz CT molecular complexity index is 419. The summed E-state index contributed by atoms with van der Waals surface area (Å²) in [5.41, 5.74) is 7.19. The van der Waals surface area contributed by atoms with Gasteiger partial charge >= 0.3 is 0 Å². The number of nitrogens with zero attached hydrogens (tertiary/aromatic N) is 1. The number of amides is 1. The van der Waals surface area contributed by atoms with Gasteiger partial charge in [-0.2, -0.15) is 0 Å². The monoisotopic (exact) mass is 281 g/mol. The molecule has 0 heterocycles. The predicted octanol–water partition coefficient (Wildman–Crippen LogP) is 2.06. The lowest BCUT2D eigenvalue weighted by molar-refractivity contribution is 0.0960. The highest BCUT2D eigenvalue weighted by molar-refractivity contribution is 7.99. The smallest absolute Gasteiger partial charge is 0.252 e. The second-order valence-electron chi connectivity index (χ2n) is 4.21. The van der Waals surface area contributed by atoms with Crippen molar-refractivity contribution in [3.8, 4) is 0 Å². The van der Waals surface area contributed by atoms with E-state index < -0.39 is 0 Å². The van der Waals surface area contributed by atoms with E-state index in [1.807, 2.05) is 6.07 Å². The van der Waals surface area contributed by atoms with E-state index in [0.29, 0.717) is 11.3 Å². The molecule has 0 saturated carbocycles. The molecule has 0 aliphatic carbocycles. The molecule has 5 heteroatoms. The zero-order valence-electron chi connectivity index (χ0n) is 11.9. The first-order valence-corrected chi connectivity index (χ1v) is 7.57. The molecule has 1 amide bonds. The van der Waals surface area contributed by atoms with Gasteiger partial charge in [0.1, 0.15) is 0 Å². The van der Waals surface area contributed by atoms with Gasteiger partial charge in [-0.15, -0.1) is 11.8 Å². The minimum Gasteiger partial charge on any atom is -0.399 e. The van der Waals surface area contributed by atoms with E-state index in [4.69, 9.17) is 5.73 Å². The number of thioether (sulfide) groups is 1. The highest BCUT2D eigenvalue weighted by atomic mass is 32.2. The first-order valence-electron chi connectivity index (χ1n) is 6.59. The van der Waals surface area contributed by atoms with Crippen LogP contribution in [0.3, 0.4) is 0 Å². The van der Waals surface area contributed by atoms with Crippen LogP contribution in [-0.4, -0.2) is 43.2 Å². The first-order chi connectivity index (χ1) is 9.12. The predicted molar refractivity (Wildman–Crippen MR) is 82.8 cm³/mol. The van der Waals surface area contributed by atoms with Crippen molar-refractivity contribution in [2.75, 3.05) is 38.2 Å². The number of benzene rings is 1. The van der Waals surface area contributed by atoms with Crippen LogP contribution in [0.25, 0.3) is 0 Å². The number of hydrogen-bond acceptors (Lipinski definition) is 4. The van der Waals surface area contributed by atoms with Gasteiger partial charge < -0.3 is 16.0 Å². The van der Waals surface area contributed by atoms with Crippen molar-refractivity contribution in [1.82, 2.24) is 10.2 Å². The van der Waals surface area contributed by atoms with Crippen LogP contribution in [0.1, 0.15) is 24.2 Å². The number of anilines is 1. The van der Waals surface area contributed by atoms with E-state index >= 15 is 0 Å². The third-order valence-corrected chi connectivity index (χ3v) is 4.07. The van der Waals surface area contributed by atoms with Crippen molar-refractivity contribution in [1.29, 1.82) is 0 Å². The Kier molecular flexibility index (Phi) is 6.73. The Balaban J connectivity index is 2.71. The van der Waals surface area contributed by atoms with Crippen LogP contribution in [0.15, 0.2) is 23.1 Å². The topological polar surface area (TPSA) is 58.4 Å². The number of nitrogens with one attached hydrogen (secondary N) is 1. The first kappa shape index (κ1) is 15.9. The zero-order chi connectivity index (χ0) is 14.3. The second kappa shape index (κ2) is 8.07. The van der Waals surface area contributed by atoms with Gasteiger partial charge in [-0.05, 0) is 31.3 Å². The minimum absolute atomic E-state index is 0.0645. The largest absolute Gasteiger partial charge is 0.399 e. The van der Waals surface area contributed by atoms with Crippen LogP contribution in [0.5, 0.6) is 0 Å². The average Bonchev–Trinajstić information content (AvgIpc) is 2.43. The fourth-order valence-electron chi connectivity index (χ4n) is 1.81. The van der Waals surface area contributed by atoms with Gasteiger partial charge in [0.25, 0.3) is 5.91 Å². The maximum atomic E-state index is 11.8. The molecule has 1 rings (SSSR count). The molecule has 0 bridgehead atoms. The zero-order valence-corrected chi connectivity index (χ0v) is 12.7. The van der Waals surface area contributed by atoms with Gasteiger partial charge in [0.2, 0.25) is 0 Å². The molecular weight excluding hydrogens is 258 g/mol. The van der Waals surface area contributed by atoms with Crippen LogP contribution >= 0.6 is 11.8 Å². The molecule has 0 fully saturated rings. The van der Waals surface area contributed by atoms with Crippen molar-refractivity contribution in [3.05, 3.63) is 23.8 Å². The number of carbonyl (C=O) groups excluding carboxylic acids is 1. The van der Waals surface area contributed by atoms with Gasteiger partial charge in [0, 0.05) is 29.9 Å². The summed E-state index contributed by atoms with van der Waals surface area (Å²) in [5.74, 6) is 0.889. The SMILES string of the molecule is CCN(CC)CCSc1cc(N)ccc1C(=O)NC. The molecule has 1 aromatic rings. The van der Waals surface area contributed by atoms with Gasteiger partial charge in [0.05, 0.1) is 5.56 Å². The van der Waals surface area contributed by atoms with E-state index in [9.17, 15) is 4.79 Å². The maximum Gasteiger partial charge on any atom is 0.252 e. The Labute approximate surface area is 119 Å². The fourth-order valence-corrected chi connectivity index (χ4v) is 2.91. The number of nitrogens with two attached hydrogens (primary N) is 1. The minimum atomic E-state index is -0.0645. The molecular formula is C14H23N3OS. The van der Waals surface area contributed by atoms with E-state index in [1.165, 1.54) is 0 Å². The molecule has 0 saturated heterocycles.